The van der Waals surface area contributed by atoms with Gasteiger partial charge in [0.15, 0.2) is 0 Å². The van der Waals surface area contributed by atoms with Crippen molar-refractivity contribution < 1.29 is 35.0 Å². The molecule has 0 atom stereocenters. The smallest absolute Gasteiger partial charge is 0.379 e. The molecule has 3 aromatic rings. The van der Waals surface area contributed by atoms with Crippen LogP contribution in [0.3, 0.4) is 0 Å². The van der Waals surface area contributed by atoms with Crippen molar-refractivity contribution in [3.63, 3.8) is 0 Å². The lowest BCUT2D eigenvalue weighted by Crippen LogP contribution is -2.36. The number of hydrogen-bond donors (Lipinski definition) is 0. The molecular formula is C24H21F4NO4S. The first-order chi connectivity index (χ1) is 15.9. The van der Waals surface area contributed by atoms with E-state index in [1.165, 1.54) is 17.0 Å². The first-order valence-corrected chi connectivity index (χ1v) is 11.5. The predicted octanol–water partition coefficient (Wildman–Crippen LogP) is 5.66. The molecule has 0 aliphatic rings. The number of carbonyl (C=O) groups is 1. The molecule has 0 radical (unpaired) electrons. The predicted molar refractivity (Wildman–Crippen MR) is 117 cm³/mol. The molecule has 34 heavy (non-hydrogen) atoms. The zero-order valence-corrected chi connectivity index (χ0v) is 19.0. The van der Waals surface area contributed by atoms with Crippen molar-refractivity contribution in [1.29, 1.82) is 0 Å². The van der Waals surface area contributed by atoms with Gasteiger partial charge in [-0.25, -0.2) is 4.39 Å². The van der Waals surface area contributed by atoms with Crippen LogP contribution in [0.4, 0.5) is 17.6 Å². The molecule has 0 fully saturated rings. The molecule has 0 saturated heterocycles. The Morgan fingerprint density at radius 1 is 0.912 bits per heavy atom. The van der Waals surface area contributed by atoms with Crippen molar-refractivity contribution in [2.45, 2.75) is 37.5 Å². The Hall–Kier alpha value is -3.40. The molecule has 3 rings (SSSR count). The second kappa shape index (κ2) is 9.84. The molecule has 0 N–H and O–H groups in total. The quantitative estimate of drug-likeness (QED) is 0.313. The molecule has 10 heteroatoms. The summed E-state index contributed by atoms with van der Waals surface area (Å²) in [5.74, 6) is -0.995. The molecular weight excluding hydrogens is 474 g/mol. The topological polar surface area (TPSA) is 63.7 Å². The maximum absolute atomic E-state index is 13.0. The summed E-state index contributed by atoms with van der Waals surface area (Å²) in [6.07, 6.45) is -4.49. The van der Waals surface area contributed by atoms with E-state index >= 15 is 0 Å². The molecule has 0 aliphatic carbocycles. The van der Waals surface area contributed by atoms with Gasteiger partial charge in [0.2, 0.25) is 0 Å². The van der Waals surface area contributed by atoms with Crippen LogP contribution in [0.25, 0.3) is 0 Å². The normalized spacial score (nSPS) is 12.0. The zero-order valence-electron chi connectivity index (χ0n) is 18.2. The van der Waals surface area contributed by atoms with Crippen LogP contribution in [0.15, 0.2) is 77.7 Å². The summed E-state index contributed by atoms with van der Waals surface area (Å²) in [5.41, 5.74) is -0.0705. The van der Waals surface area contributed by atoms with Crippen molar-refractivity contribution in [2.24, 2.45) is 0 Å². The van der Waals surface area contributed by atoms with Crippen LogP contribution in [-0.2, 0) is 22.8 Å². The Balaban J connectivity index is 1.73. The molecule has 1 amide bonds. The third-order valence-electron chi connectivity index (χ3n) is 4.93. The first-order valence-electron chi connectivity index (χ1n) is 10.1. The number of alkyl halides is 3. The summed E-state index contributed by atoms with van der Waals surface area (Å²) in [6.45, 7) is 3.69. The van der Waals surface area contributed by atoms with E-state index in [1.54, 1.807) is 26.0 Å². The lowest BCUT2D eigenvalue weighted by Gasteiger charge is -2.27. The van der Waals surface area contributed by atoms with Gasteiger partial charge in [-0.1, -0.05) is 12.1 Å². The number of carbonyl (C=O) groups excluding carboxylic acids is 1. The van der Waals surface area contributed by atoms with Crippen molar-refractivity contribution in [1.82, 2.24) is 4.90 Å². The molecule has 180 valence electrons. The lowest BCUT2D eigenvalue weighted by atomic mass is 10.1. The fourth-order valence-corrected chi connectivity index (χ4v) is 4.01. The Labute approximate surface area is 194 Å². The zero-order chi connectivity index (χ0) is 25.1. The Bertz CT molecular complexity index is 1240. The van der Waals surface area contributed by atoms with Crippen LogP contribution in [0.1, 0.15) is 35.3 Å². The van der Waals surface area contributed by atoms with E-state index < -0.39 is 33.6 Å². The van der Waals surface area contributed by atoms with Crippen molar-refractivity contribution in [3.8, 4) is 5.75 Å². The first kappa shape index (κ1) is 25.2. The molecule has 0 bridgehead atoms. The average Bonchev–Trinajstić information content (AvgIpc) is 2.77. The van der Waals surface area contributed by atoms with Crippen molar-refractivity contribution in [2.75, 3.05) is 0 Å². The summed E-state index contributed by atoms with van der Waals surface area (Å²) >= 11 is 0. The van der Waals surface area contributed by atoms with Gasteiger partial charge in [-0.3, -0.25) is 4.79 Å². The summed E-state index contributed by atoms with van der Waals surface area (Å²) in [6, 6.07) is 13.9. The minimum Gasteiger partial charge on any atom is -0.379 e. The molecule has 0 aliphatic heterocycles. The van der Waals surface area contributed by atoms with Gasteiger partial charge in [0, 0.05) is 18.2 Å². The monoisotopic (exact) mass is 495 g/mol. The number of benzene rings is 3. The highest BCUT2D eigenvalue weighted by Gasteiger charge is 2.30. The van der Waals surface area contributed by atoms with Crippen molar-refractivity contribution >= 4 is 16.0 Å². The van der Waals surface area contributed by atoms with Crippen LogP contribution in [-0.4, -0.2) is 25.3 Å². The number of nitrogens with zero attached hydrogens (tertiary/aromatic N) is 1. The number of hydrogen-bond acceptors (Lipinski definition) is 4. The van der Waals surface area contributed by atoms with E-state index in [-0.39, 0.29) is 28.8 Å². The lowest BCUT2D eigenvalue weighted by molar-refractivity contribution is -0.137. The van der Waals surface area contributed by atoms with Gasteiger partial charge in [0.05, 0.1) is 5.56 Å². The summed E-state index contributed by atoms with van der Waals surface area (Å²) in [5, 5.41) is 0. The minimum absolute atomic E-state index is 0.0261. The van der Waals surface area contributed by atoms with Gasteiger partial charge in [0.1, 0.15) is 16.5 Å². The molecule has 0 unspecified atom stereocenters. The minimum atomic E-state index is -4.49. The summed E-state index contributed by atoms with van der Waals surface area (Å²) < 4.78 is 81.1. The van der Waals surface area contributed by atoms with Gasteiger partial charge in [-0.2, -0.15) is 21.6 Å². The van der Waals surface area contributed by atoms with Gasteiger partial charge in [0.25, 0.3) is 5.91 Å². The molecule has 0 heterocycles. The standard InChI is InChI=1S/C24H21F4NO4S/c1-16(2)29(23(30)18-5-7-19(8-6-18)24(26,27)28)15-17-3-11-21(12-4-17)33-34(31,32)22-13-9-20(25)10-14-22/h3-14,16H,15H2,1-2H3. The van der Waals surface area contributed by atoms with Crippen LogP contribution in [0.2, 0.25) is 0 Å². The van der Waals surface area contributed by atoms with Crippen LogP contribution in [0, 0.1) is 5.82 Å². The van der Waals surface area contributed by atoms with E-state index in [9.17, 15) is 30.8 Å². The number of amides is 1. The Morgan fingerprint density at radius 2 is 1.47 bits per heavy atom. The van der Waals surface area contributed by atoms with Crippen molar-refractivity contribution in [3.05, 3.63) is 95.3 Å². The van der Waals surface area contributed by atoms with Gasteiger partial charge in [-0.15, -0.1) is 0 Å². The number of halogens is 4. The second-order valence-electron chi connectivity index (χ2n) is 7.74. The summed E-state index contributed by atoms with van der Waals surface area (Å²) in [7, 11) is -4.15. The maximum Gasteiger partial charge on any atom is 0.416 e. The molecule has 3 aromatic carbocycles. The second-order valence-corrected chi connectivity index (χ2v) is 9.28. The largest absolute Gasteiger partial charge is 0.416 e. The summed E-state index contributed by atoms with van der Waals surface area (Å²) in [4.78, 5) is 14.2. The van der Waals surface area contributed by atoms with E-state index in [0.717, 1.165) is 48.5 Å². The molecule has 0 saturated carbocycles. The van der Waals surface area contributed by atoms with E-state index in [2.05, 4.69) is 0 Å². The van der Waals surface area contributed by atoms with E-state index in [0.29, 0.717) is 5.56 Å². The SMILES string of the molecule is CC(C)N(Cc1ccc(OS(=O)(=O)c2ccc(F)cc2)cc1)C(=O)c1ccc(C(F)(F)F)cc1. The number of rotatable bonds is 7. The Kier molecular flexibility index (Phi) is 7.30. The van der Waals surface area contributed by atoms with Crippen LogP contribution >= 0.6 is 0 Å². The van der Waals surface area contributed by atoms with Gasteiger partial charge in [-0.05, 0) is 80.1 Å². The van der Waals surface area contributed by atoms with Gasteiger partial charge >= 0.3 is 16.3 Å². The van der Waals surface area contributed by atoms with E-state index in [1.807, 2.05) is 0 Å². The molecule has 5 nitrogen and oxygen atoms in total. The third kappa shape index (κ3) is 6.13. The highest BCUT2D eigenvalue weighted by atomic mass is 32.2. The maximum atomic E-state index is 13.0. The molecule has 0 aromatic heterocycles. The third-order valence-corrected chi connectivity index (χ3v) is 6.19. The van der Waals surface area contributed by atoms with Gasteiger partial charge < -0.3 is 9.08 Å². The van der Waals surface area contributed by atoms with Crippen LogP contribution in [0.5, 0.6) is 5.75 Å². The average molecular weight is 495 g/mol. The Morgan fingerprint density at radius 3 is 1.97 bits per heavy atom. The van der Waals surface area contributed by atoms with E-state index in [4.69, 9.17) is 4.18 Å². The fraction of sp³-hybridized carbons (Fsp3) is 0.208. The fourth-order valence-electron chi connectivity index (χ4n) is 3.08. The van der Waals surface area contributed by atoms with Crippen LogP contribution < -0.4 is 4.18 Å². The highest BCUT2D eigenvalue weighted by molar-refractivity contribution is 7.87. The highest BCUT2D eigenvalue weighted by Crippen LogP contribution is 2.29. The molecule has 0 spiro atoms.